The maximum Gasteiger partial charge on any atom is 0.305 e. The van der Waals surface area contributed by atoms with Crippen LogP contribution in [0.5, 0.6) is 0 Å². The molecule has 0 fully saturated rings. The molecule has 0 aromatic rings. The number of esters is 1. The third-order valence-electron chi connectivity index (χ3n) is 13.0. The zero-order valence-electron chi connectivity index (χ0n) is 42.3. The number of hydrogen-bond donors (Lipinski definition) is 3. The lowest BCUT2D eigenvalue weighted by Gasteiger charge is -2.19. The standard InChI is InChI=1S/C57H109NO5/c1-3-5-7-9-11-13-15-17-19-21-23-27-31-35-39-43-47-51-57(62)63-52-48-44-40-36-32-28-24-26-30-34-38-42-46-50-56(61)58-54(53-59)55(60)49-45-41-37-33-29-25-22-20-18-16-14-12-10-8-6-4-2/h26,30,45,49,54-55,59-60H,3-25,27-29,31-44,46-48,50-53H2,1-2H3,(H,58,61)/b30-26-,49-45+. The first-order valence-corrected chi connectivity index (χ1v) is 28.1. The first-order chi connectivity index (χ1) is 31.0. The van der Waals surface area contributed by atoms with E-state index in [-0.39, 0.29) is 18.5 Å². The number of carbonyl (C=O) groups is 2. The van der Waals surface area contributed by atoms with Gasteiger partial charge in [0.1, 0.15) is 0 Å². The fraction of sp³-hybridized carbons (Fsp3) is 0.895. The maximum atomic E-state index is 12.4. The number of allylic oxidation sites excluding steroid dienone is 3. The van der Waals surface area contributed by atoms with Gasteiger partial charge < -0.3 is 20.3 Å². The van der Waals surface area contributed by atoms with Crippen LogP contribution in [0, 0.1) is 0 Å². The molecule has 0 aliphatic carbocycles. The van der Waals surface area contributed by atoms with Gasteiger partial charge in [0.2, 0.25) is 5.91 Å². The van der Waals surface area contributed by atoms with Crippen molar-refractivity contribution < 1.29 is 24.5 Å². The Bertz CT molecular complexity index is 982. The van der Waals surface area contributed by atoms with E-state index in [1.165, 1.54) is 205 Å². The number of aliphatic hydroxyl groups is 2. The van der Waals surface area contributed by atoms with Crippen LogP contribution in [0.2, 0.25) is 0 Å². The van der Waals surface area contributed by atoms with E-state index in [2.05, 4.69) is 31.3 Å². The molecule has 0 spiro atoms. The number of aliphatic hydroxyl groups excluding tert-OH is 2. The molecule has 0 saturated carbocycles. The summed E-state index contributed by atoms with van der Waals surface area (Å²) < 4.78 is 5.47. The average molecular weight is 889 g/mol. The first kappa shape index (κ1) is 61.3. The fourth-order valence-electron chi connectivity index (χ4n) is 8.63. The summed E-state index contributed by atoms with van der Waals surface area (Å²) in [6.45, 7) is 4.88. The molecule has 0 aliphatic heterocycles. The smallest absolute Gasteiger partial charge is 0.305 e. The topological polar surface area (TPSA) is 95.9 Å². The molecule has 2 unspecified atom stereocenters. The van der Waals surface area contributed by atoms with Gasteiger partial charge in [0.15, 0.2) is 0 Å². The normalized spacial score (nSPS) is 12.8. The van der Waals surface area contributed by atoms with E-state index in [4.69, 9.17) is 4.74 Å². The van der Waals surface area contributed by atoms with Crippen molar-refractivity contribution in [2.24, 2.45) is 0 Å². The highest BCUT2D eigenvalue weighted by Gasteiger charge is 2.18. The Morgan fingerprint density at radius 3 is 1.14 bits per heavy atom. The van der Waals surface area contributed by atoms with Gasteiger partial charge in [-0.25, -0.2) is 0 Å². The van der Waals surface area contributed by atoms with Crippen molar-refractivity contribution in [2.75, 3.05) is 13.2 Å². The molecule has 0 rings (SSSR count). The predicted molar refractivity (Wildman–Crippen MR) is 273 cm³/mol. The van der Waals surface area contributed by atoms with Crippen molar-refractivity contribution in [1.82, 2.24) is 5.32 Å². The second kappa shape index (κ2) is 53.0. The van der Waals surface area contributed by atoms with Crippen LogP contribution >= 0.6 is 0 Å². The number of nitrogens with one attached hydrogen (secondary N) is 1. The van der Waals surface area contributed by atoms with Crippen molar-refractivity contribution >= 4 is 11.9 Å². The van der Waals surface area contributed by atoms with Crippen LogP contribution in [-0.4, -0.2) is 47.4 Å². The van der Waals surface area contributed by atoms with E-state index in [1.54, 1.807) is 6.08 Å². The van der Waals surface area contributed by atoms with E-state index in [0.29, 0.717) is 19.4 Å². The Labute approximate surface area is 392 Å². The van der Waals surface area contributed by atoms with Crippen LogP contribution in [0.15, 0.2) is 24.3 Å². The molecule has 2 atom stereocenters. The van der Waals surface area contributed by atoms with Crippen LogP contribution in [0.25, 0.3) is 0 Å². The van der Waals surface area contributed by atoms with Crippen LogP contribution < -0.4 is 5.32 Å². The molecular weight excluding hydrogens is 779 g/mol. The highest BCUT2D eigenvalue weighted by Crippen LogP contribution is 2.16. The average Bonchev–Trinajstić information content (AvgIpc) is 3.28. The highest BCUT2D eigenvalue weighted by molar-refractivity contribution is 5.76. The Morgan fingerprint density at radius 1 is 0.429 bits per heavy atom. The van der Waals surface area contributed by atoms with Crippen LogP contribution in [0.1, 0.15) is 303 Å². The summed E-state index contributed by atoms with van der Waals surface area (Å²) in [5.41, 5.74) is 0. The summed E-state index contributed by atoms with van der Waals surface area (Å²) in [7, 11) is 0. The second-order valence-corrected chi connectivity index (χ2v) is 19.3. The van der Waals surface area contributed by atoms with Gasteiger partial charge in [-0.15, -0.1) is 0 Å². The molecule has 6 heteroatoms. The summed E-state index contributed by atoms with van der Waals surface area (Å²) in [4.78, 5) is 24.5. The van der Waals surface area contributed by atoms with E-state index in [9.17, 15) is 19.8 Å². The molecule has 6 nitrogen and oxygen atoms in total. The van der Waals surface area contributed by atoms with Gasteiger partial charge in [-0.2, -0.15) is 0 Å². The Balaban J connectivity index is 3.50. The Hall–Kier alpha value is -1.66. The molecule has 0 saturated heterocycles. The second-order valence-electron chi connectivity index (χ2n) is 19.3. The van der Waals surface area contributed by atoms with E-state index < -0.39 is 12.1 Å². The van der Waals surface area contributed by atoms with Crippen molar-refractivity contribution in [3.63, 3.8) is 0 Å². The van der Waals surface area contributed by atoms with Gasteiger partial charge in [-0.1, -0.05) is 256 Å². The highest BCUT2D eigenvalue weighted by atomic mass is 16.5. The summed E-state index contributed by atoms with van der Waals surface area (Å²) in [5.74, 6) is -0.106. The third kappa shape index (κ3) is 49.6. The largest absolute Gasteiger partial charge is 0.466 e. The van der Waals surface area contributed by atoms with Gasteiger partial charge in [0, 0.05) is 12.8 Å². The summed E-state index contributed by atoms with van der Waals surface area (Å²) in [5, 5.41) is 23.1. The minimum atomic E-state index is -0.861. The lowest BCUT2D eigenvalue weighted by Crippen LogP contribution is -2.45. The molecule has 0 aliphatic rings. The first-order valence-electron chi connectivity index (χ1n) is 28.1. The number of ether oxygens (including phenoxy) is 1. The van der Waals surface area contributed by atoms with Crippen molar-refractivity contribution in [1.29, 1.82) is 0 Å². The lowest BCUT2D eigenvalue weighted by atomic mass is 10.0. The van der Waals surface area contributed by atoms with Crippen LogP contribution in [0.3, 0.4) is 0 Å². The van der Waals surface area contributed by atoms with Gasteiger partial charge in [-0.3, -0.25) is 9.59 Å². The quantitative estimate of drug-likeness (QED) is 0.0321. The molecule has 0 aromatic heterocycles. The molecule has 0 aromatic carbocycles. The molecule has 0 bridgehead atoms. The summed E-state index contributed by atoms with van der Waals surface area (Å²) in [6, 6.07) is -0.647. The van der Waals surface area contributed by atoms with Crippen LogP contribution in [-0.2, 0) is 14.3 Å². The van der Waals surface area contributed by atoms with Gasteiger partial charge in [0.25, 0.3) is 0 Å². The van der Waals surface area contributed by atoms with E-state index in [0.717, 1.165) is 70.6 Å². The molecule has 0 radical (unpaired) electrons. The number of hydrogen-bond acceptors (Lipinski definition) is 5. The van der Waals surface area contributed by atoms with Crippen molar-refractivity contribution in [2.45, 2.75) is 315 Å². The van der Waals surface area contributed by atoms with Crippen molar-refractivity contribution in [3.05, 3.63) is 24.3 Å². The van der Waals surface area contributed by atoms with Gasteiger partial charge in [0.05, 0.1) is 25.4 Å². The molecular formula is C57H109NO5. The monoisotopic (exact) mass is 888 g/mol. The lowest BCUT2D eigenvalue weighted by molar-refractivity contribution is -0.143. The fourth-order valence-corrected chi connectivity index (χ4v) is 8.63. The minimum absolute atomic E-state index is 0.00999. The predicted octanol–water partition coefficient (Wildman–Crippen LogP) is 17.1. The number of rotatable bonds is 52. The third-order valence-corrected chi connectivity index (χ3v) is 13.0. The molecule has 63 heavy (non-hydrogen) atoms. The number of unbranched alkanes of at least 4 members (excludes halogenated alkanes) is 39. The van der Waals surface area contributed by atoms with Crippen LogP contribution in [0.4, 0.5) is 0 Å². The number of amides is 1. The zero-order chi connectivity index (χ0) is 45.8. The molecule has 372 valence electrons. The molecule has 0 heterocycles. The molecule has 3 N–H and O–H groups in total. The molecule has 1 amide bonds. The Kier molecular flexibility index (Phi) is 51.6. The SMILES string of the molecule is CCCCCCCCCCCCCCCC/C=C/C(O)C(CO)NC(=O)CCCCC/C=C\CCCCCCCCOC(=O)CCCCCCCCCCCCCCCCCCC. The van der Waals surface area contributed by atoms with Crippen molar-refractivity contribution in [3.8, 4) is 0 Å². The maximum absolute atomic E-state index is 12.4. The number of carbonyl (C=O) groups excluding carboxylic acids is 2. The summed E-state index contributed by atoms with van der Waals surface area (Å²) in [6.07, 6.45) is 63.3. The Morgan fingerprint density at radius 2 is 0.746 bits per heavy atom. The van der Waals surface area contributed by atoms with E-state index >= 15 is 0 Å². The summed E-state index contributed by atoms with van der Waals surface area (Å²) >= 11 is 0. The van der Waals surface area contributed by atoms with Gasteiger partial charge in [-0.05, 0) is 57.8 Å². The minimum Gasteiger partial charge on any atom is -0.466 e. The zero-order valence-corrected chi connectivity index (χ0v) is 42.3. The van der Waals surface area contributed by atoms with Gasteiger partial charge >= 0.3 is 5.97 Å². The van der Waals surface area contributed by atoms with E-state index in [1.807, 2.05) is 6.08 Å².